The summed E-state index contributed by atoms with van der Waals surface area (Å²) >= 11 is 0. The summed E-state index contributed by atoms with van der Waals surface area (Å²) < 4.78 is 5.20. The lowest BCUT2D eigenvalue weighted by molar-refractivity contribution is 0.368. The molecule has 0 saturated heterocycles. The summed E-state index contributed by atoms with van der Waals surface area (Å²) in [5, 5.41) is 11.8. The van der Waals surface area contributed by atoms with E-state index in [0.29, 0.717) is 0 Å². The number of hydrogen-bond acceptors (Lipinski definition) is 3. The third kappa shape index (κ3) is 6.27. The molecule has 1 aromatic rings. The van der Waals surface area contributed by atoms with Crippen LogP contribution in [0.15, 0.2) is 24.3 Å². The van der Waals surface area contributed by atoms with Gasteiger partial charge in [-0.2, -0.15) is 5.26 Å². The van der Waals surface area contributed by atoms with Gasteiger partial charge in [0.25, 0.3) is 0 Å². The third-order valence-corrected chi connectivity index (χ3v) is 2.76. The van der Waals surface area contributed by atoms with Gasteiger partial charge in [-0.1, -0.05) is 38.3 Å². The predicted molar refractivity (Wildman–Crippen MR) is 73.4 cm³/mol. The molecule has 0 aliphatic carbocycles. The van der Waals surface area contributed by atoms with Gasteiger partial charge < -0.3 is 10.1 Å². The second kappa shape index (κ2) is 9.49. The van der Waals surface area contributed by atoms with Crippen molar-refractivity contribution in [2.75, 3.05) is 13.2 Å². The molecular weight excluding hydrogens is 224 g/mol. The van der Waals surface area contributed by atoms with Crippen molar-refractivity contribution in [2.45, 2.75) is 39.2 Å². The number of unbranched alkanes of at least 4 members (excludes halogenated alkanes) is 3. The molecule has 0 aromatic heterocycles. The standard InChI is InChI=1S/C15H22N2O/c1-2-3-4-5-11-17-13-14-6-8-15(9-7-14)18-12-10-16/h6-9,17H,2-5,11-13H2,1H3. The fraction of sp³-hybridized carbons (Fsp3) is 0.533. The van der Waals surface area contributed by atoms with E-state index in [-0.39, 0.29) is 6.61 Å². The second-order valence-corrected chi connectivity index (χ2v) is 4.33. The van der Waals surface area contributed by atoms with Crippen molar-refractivity contribution in [1.82, 2.24) is 5.32 Å². The van der Waals surface area contributed by atoms with Crippen LogP contribution in [0.3, 0.4) is 0 Å². The van der Waals surface area contributed by atoms with Gasteiger partial charge >= 0.3 is 0 Å². The summed E-state index contributed by atoms with van der Waals surface area (Å²) in [6, 6.07) is 9.84. The van der Waals surface area contributed by atoms with E-state index in [1.165, 1.54) is 31.2 Å². The molecule has 0 unspecified atom stereocenters. The average Bonchev–Trinajstić information content (AvgIpc) is 2.42. The van der Waals surface area contributed by atoms with Gasteiger partial charge in [-0.05, 0) is 30.7 Å². The van der Waals surface area contributed by atoms with Crippen LogP contribution in [-0.4, -0.2) is 13.2 Å². The molecule has 0 fully saturated rings. The lowest BCUT2D eigenvalue weighted by atomic mass is 10.2. The van der Waals surface area contributed by atoms with Gasteiger partial charge in [0.05, 0.1) is 0 Å². The fourth-order valence-corrected chi connectivity index (χ4v) is 1.73. The van der Waals surface area contributed by atoms with E-state index in [2.05, 4.69) is 12.2 Å². The predicted octanol–water partition coefficient (Wildman–Crippen LogP) is 3.26. The highest BCUT2D eigenvalue weighted by atomic mass is 16.5. The van der Waals surface area contributed by atoms with Crippen LogP contribution >= 0.6 is 0 Å². The minimum Gasteiger partial charge on any atom is -0.479 e. The Morgan fingerprint density at radius 2 is 1.94 bits per heavy atom. The van der Waals surface area contributed by atoms with Crippen LogP contribution in [0.2, 0.25) is 0 Å². The Labute approximate surface area is 110 Å². The normalized spacial score (nSPS) is 10.0. The molecule has 0 aliphatic heterocycles. The van der Waals surface area contributed by atoms with E-state index in [4.69, 9.17) is 10.00 Å². The zero-order valence-electron chi connectivity index (χ0n) is 11.1. The third-order valence-electron chi connectivity index (χ3n) is 2.76. The first-order valence-electron chi connectivity index (χ1n) is 6.66. The van der Waals surface area contributed by atoms with Gasteiger partial charge in [0.15, 0.2) is 6.61 Å². The molecule has 1 aromatic carbocycles. The molecule has 98 valence electrons. The summed E-state index contributed by atoms with van der Waals surface area (Å²) in [4.78, 5) is 0. The molecule has 1 rings (SSSR count). The van der Waals surface area contributed by atoms with Crippen molar-refractivity contribution < 1.29 is 4.74 Å². The van der Waals surface area contributed by atoms with E-state index >= 15 is 0 Å². The lowest BCUT2D eigenvalue weighted by Gasteiger charge is -2.06. The zero-order valence-corrected chi connectivity index (χ0v) is 11.1. The number of nitrogens with one attached hydrogen (secondary N) is 1. The smallest absolute Gasteiger partial charge is 0.174 e. The number of rotatable bonds is 9. The highest BCUT2D eigenvalue weighted by Crippen LogP contribution is 2.11. The largest absolute Gasteiger partial charge is 0.479 e. The van der Waals surface area contributed by atoms with Gasteiger partial charge in [0.1, 0.15) is 11.8 Å². The van der Waals surface area contributed by atoms with Crippen LogP contribution < -0.4 is 10.1 Å². The Balaban J connectivity index is 2.17. The van der Waals surface area contributed by atoms with Crippen LogP contribution in [0.25, 0.3) is 0 Å². The first kappa shape index (κ1) is 14.5. The van der Waals surface area contributed by atoms with Crippen molar-refractivity contribution in [2.24, 2.45) is 0 Å². The summed E-state index contributed by atoms with van der Waals surface area (Å²) in [7, 11) is 0. The zero-order chi connectivity index (χ0) is 13.1. The van der Waals surface area contributed by atoms with Gasteiger partial charge in [-0.25, -0.2) is 0 Å². The van der Waals surface area contributed by atoms with Crippen LogP contribution in [0.1, 0.15) is 38.2 Å². The van der Waals surface area contributed by atoms with Gasteiger partial charge in [-0.3, -0.25) is 0 Å². The maximum Gasteiger partial charge on any atom is 0.174 e. The number of nitrogens with zero attached hydrogens (tertiary/aromatic N) is 1. The second-order valence-electron chi connectivity index (χ2n) is 4.33. The minimum absolute atomic E-state index is 0.106. The lowest BCUT2D eigenvalue weighted by Crippen LogP contribution is -2.14. The molecule has 0 atom stereocenters. The molecule has 3 heteroatoms. The summed E-state index contributed by atoms with van der Waals surface area (Å²) in [6.45, 7) is 4.30. The molecular formula is C15H22N2O. The molecule has 3 nitrogen and oxygen atoms in total. The van der Waals surface area contributed by atoms with Gasteiger partial charge in [0.2, 0.25) is 0 Å². The minimum atomic E-state index is 0.106. The Kier molecular flexibility index (Phi) is 7.66. The number of ether oxygens (including phenoxy) is 1. The highest BCUT2D eigenvalue weighted by Gasteiger charge is 1.95. The molecule has 18 heavy (non-hydrogen) atoms. The summed E-state index contributed by atoms with van der Waals surface area (Å²) in [5.74, 6) is 0.753. The van der Waals surface area contributed by atoms with Crippen LogP contribution in [0, 0.1) is 11.3 Å². The number of nitriles is 1. The first-order valence-corrected chi connectivity index (χ1v) is 6.66. The molecule has 0 radical (unpaired) electrons. The quantitative estimate of drug-likeness (QED) is 0.680. The van der Waals surface area contributed by atoms with Crippen molar-refractivity contribution in [1.29, 1.82) is 5.26 Å². The maximum atomic E-state index is 8.40. The van der Waals surface area contributed by atoms with E-state index in [9.17, 15) is 0 Å². The van der Waals surface area contributed by atoms with E-state index < -0.39 is 0 Å². The monoisotopic (exact) mass is 246 g/mol. The molecule has 1 N–H and O–H groups in total. The molecule has 0 bridgehead atoms. The van der Waals surface area contributed by atoms with Crippen molar-refractivity contribution in [3.8, 4) is 11.8 Å². The molecule has 0 amide bonds. The van der Waals surface area contributed by atoms with E-state index in [0.717, 1.165) is 18.8 Å². The van der Waals surface area contributed by atoms with Crippen molar-refractivity contribution in [3.63, 3.8) is 0 Å². The van der Waals surface area contributed by atoms with E-state index in [1.54, 1.807) is 0 Å². The first-order chi connectivity index (χ1) is 8.86. The molecule has 0 aliphatic rings. The molecule has 0 spiro atoms. The van der Waals surface area contributed by atoms with Crippen LogP contribution in [-0.2, 0) is 6.54 Å². The Morgan fingerprint density at radius 1 is 1.17 bits per heavy atom. The number of benzene rings is 1. The Hall–Kier alpha value is -1.53. The Bertz CT molecular complexity index is 354. The van der Waals surface area contributed by atoms with Gasteiger partial charge in [-0.15, -0.1) is 0 Å². The van der Waals surface area contributed by atoms with Crippen molar-refractivity contribution in [3.05, 3.63) is 29.8 Å². The molecule has 0 heterocycles. The van der Waals surface area contributed by atoms with Crippen LogP contribution in [0.5, 0.6) is 5.75 Å². The topological polar surface area (TPSA) is 45.0 Å². The van der Waals surface area contributed by atoms with Crippen LogP contribution in [0.4, 0.5) is 0 Å². The Morgan fingerprint density at radius 3 is 2.61 bits per heavy atom. The SMILES string of the molecule is CCCCCCNCc1ccc(OCC#N)cc1. The fourth-order valence-electron chi connectivity index (χ4n) is 1.73. The van der Waals surface area contributed by atoms with Crippen molar-refractivity contribution >= 4 is 0 Å². The number of hydrogen-bond donors (Lipinski definition) is 1. The summed E-state index contributed by atoms with van der Waals surface area (Å²) in [6.07, 6.45) is 5.17. The summed E-state index contributed by atoms with van der Waals surface area (Å²) in [5.41, 5.74) is 1.25. The highest BCUT2D eigenvalue weighted by molar-refractivity contribution is 5.27. The molecule has 0 saturated carbocycles. The van der Waals surface area contributed by atoms with Gasteiger partial charge in [0, 0.05) is 6.54 Å². The van der Waals surface area contributed by atoms with E-state index in [1.807, 2.05) is 30.3 Å². The average molecular weight is 246 g/mol. The maximum absolute atomic E-state index is 8.40.